The lowest BCUT2D eigenvalue weighted by molar-refractivity contribution is 0.491. The minimum absolute atomic E-state index is 0.605. The molecule has 0 saturated heterocycles. The zero-order valence-electron chi connectivity index (χ0n) is 5.40. The van der Waals surface area contributed by atoms with E-state index in [9.17, 15) is 0 Å². The minimum atomic E-state index is 0.605. The van der Waals surface area contributed by atoms with Gasteiger partial charge in [-0.25, -0.2) is 0 Å². The number of fused-ring (bicyclic) bond motifs is 1. The number of hydrogen-bond acceptors (Lipinski definition) is 4. The molecule has 0 radical (unpaired) electrons. The average molecular weight is 135 g/mol. The van der Waals surface area contributed by atoms with Crippen molar-refractivity contribution in [1.82, 2.24) is 15.2 Å². The van der Waals surface area contributed by atoms with E-state index in [0.29, 0.717) is 11.7 Å². The number of nitrogens with zero attached hydrogens (tertiary/aromatic N) is 3. The van der Waals surface area contributed by atoms with Crippen LogP contribution in [-0.2, 0) is 0 Å². The summed E-state index contributed by atoms with van der Waals surface area (Å²) in [6.07, 6.45) is 3.21. The van der Waals surface area contributed by atoms with Crippen molar-refractivity contribution in [3.63, 3.8) is 0 Å². The molecule has 2 heterocycles. The van der Waals surface area contributed by atoms with Crippen LogP contribution in [-0.4, -0.2) is 15.2 Å². The Bertz CT molecular complexity index is 317. The van der Waals surface area contributed by atoms with Gasteiger partial charge in [-0.1, -0.05) is 0 Å². The molecule has 0 amide bonds. The van der Waals surface area contributed by atoms with Crippen molar-refractivity contribution in [3.8, 4) is 11.4 Å². The van der Waals surface area contributed by atoms with E-state index in [1.165, 1.54) is 0 Å². The Kier molecular flexibility index (Phi) is 0.943. The number of hydrogen-bond donors (Lipinski definition) is 0. The standard InChI is InChI=1S/C6H5N3O/c1-4-8-6-5(3-10-4)2-7-9-6/h2-3H,1H3. The van der Waals surface area contributed by atoms with Crippen LogP contribution in [0.2, 0.25) is 0 Å². The van der Waals surface area contributed by atoms with Crippen LogP contribution in [0, 0.1) is 6.92 Å². The summed E-state index contributed by atoms with van der Waals surface area (Å²) in [4.78, 5) is 4.00. The molecule has 0 N–H and O–H groups in total. The maximum absolute atomic E-state index is 5.01. The van der Waals surface area contributed by atoms with E-state index in [1.807, 2.05) is 0 Å². The van der Waals surface area contributed by atoms with Crippen molar-refractivity contribution in [2.24, 2.45) is 0 Å². The topological polar surface area (TPSA) is 51.8 Å². The Labute approximate surface area is 57.3 Å². The lowest BCUT2D eigenvalue weighted by atomic mass is 10.3. The Hall–Kier alpha value is -1.45. The second kappa shape index (κ2) is 1.76. The fourth-order valence-electron chi connectivity index (χ4n) is 0.756. The summed E-state index contributed by atoms with van der Waals surface area (Å²) in [5.41, 5.74) is 0.839. The van der Waals surface area contributed by atoms with E-state index in [2.05, 4.69) is 15.2 Å². The van der Waals surface area contributed by atoms with Crippen LogP contribution < -0.4 is 0 Å². The third kappa shape index (κ3) is 0.655. The van der Waals surface area contributed by atoms with E-state index in [4.69, 9.17) is 4.42 Å². The lowest BCUT2D eigenvalue weighted by Gasteiger charge is -1.92. The van der Waals surface area contributed by atoms with E-state index < -0.39 is 0 Å². The summed E-state index contributed by atoms with van der Waals surface area (Å²) < 4.78 is 5.01. The second-order valence-electron chi connectivity index (χ2n) is 1.99. The molecule has 4 heteroatoms. The monoisotopic (exact) mass is 135 g/mol. The van der Waals surface area contributed by atoms with Crippen LogP contribution in [0.3, 0.4) is 0 Å². The highest BCUT2D eigenvalue weighted by Gasteiger charge is 2.06. The molecule has 0 saturated carbocycles. The molecule has 0 spiro atoms. The summed E-state index contributed by atoms with van der Waals surface area (Å²) in [5, 5.41) is 7.43. The highest BCUT2D eigenvalue weighted by molar-refractivity contribution is 5.51. The molecule has 0 aliphatic carbocycles. The maximum Gasteiger partial charge on any atom is 0.192 e. The molecule has 0 bridgehead atoms. The van der Waals surface area contributed by atoms with Gasteiger partial charge in [0.2, 0.25) is 0 Å². The average Bonchev–Trinajstić information content (AvgIpc) is 2.33. The van der Waals surface area contributed by atoms with Crippen LogP contribution in [0.25, 0.3) is 11.4 Å². The van der Waals surface area contributed by atoms with Gasteiger partial charge >= 0.3 is 0 Å². The summed E-state index contributed by atoms with van der Waals surface area (Å²) in [6, 6.07) is 0. The molecule has 0 unspecified atom stereocenters. The number of aromatic nitrogens is 3. The molecule has 10 heavy (non-hydrogen) atoms. The zero-order chi connectivity index (χ0) is 6.97. The zero-order valence-corrected chi connectivity index (χ0v) is 5.40. The van der Waals surface area contributed by atoms with Crippen molar-refractivity contribution in [2.75, 3.05) is 0 Å². The van der Waals surface area contributed by atoms with Gasteiger partial charge in [0.05, 0.1) is 11.8 Å². The van der Waals surface area contributed by atoms with Crippen molar-refractivity contribution in [1.29, 1.82) is 0 Å². The first kappa shape index (κ1) is 5.34. The van der Waals surface area contributed by atoms with Crippen molar-refractivity contribution >= 4 is 0 Å². The molecule has 0 aromatic rings. The number of rotatable bonds is 0. The fourth-order valence-corrected chi connectivity index (χ4v) is 0.756. The van der Waals surface area contributed by atoms with Crippen molar-refractivity contribution in [2.45, 2.75) is 6.92 Å². The van der Waals surface area contributed by atoms with Crippen LogP contribution in [0.1, 0.15) is 5.89 Å². The third-order valence-electron chi connectivity index (χ3n) is 1.23. The SMILES string of the molecule is Cc1nc2nncc-2co1. The lowest BCUT2D eigenvalue weighted by Crippen LogP contribution is -1.85. The van der Waals surface area contributed by atoms with E-state index in [0.717, 1.165) is 5.56 Å². The summed E-state index contributed by atoms with van der Waals surface area (Å²) >= 11 is 0. The van der Waals surface area contributed by atoms with Gasteiger partial charge in [0.25, 0.3) is 0 Å². The smallest absolute Gasteiger partial charge is 0.192 e. The number of aryl methyl sites for hydroxylation is 1. The molecule has 0 atom stereocenters. The van der Waals surface area contributed by atoms with Crippen molar-refractivity contribution in [3.05, 3.63) is 18.4 Å². The van der Waals surface area contributed by atoms with Gasteiger partial charge in [0, 0.05) is 6.92 Å². The van der Waals surface area contributed by atoms with Crippen LogP contribution in [0.5, 0.6) is 0 Å². The normalized spacial score (nSPS) is 10.5. The largest absolute Gasteiger partial charge is 0.450 e. The first-order valence-corrected chi connectivity index (χ1v) is 2.90. The Morgan fingerprint density at radius 1 is 1.50 bits per heavy atom. The van der Waals surface area contributed by atoms with Gasteiger partial charge in [0.15, 0.2) is 11.7 Å². The molecule has 2 aliphatic heterocycles. The first-order chi connectivity index (χ1) is 4.86. The van der Waals surface area contributed by atoms with Crippen LogP contribution in [0.15, 0.2) is 16.9 Å². The fraction of sp³-hybridized carbons (Fsp3) is 0.167. The Balaban J connectivity index is 2.75. The molecule has 2 rings (SSSR count). The van der Waals surface area contributed by atoms with Gasteiger partial charge in [-0.05, 0) is 0 Å². The van der Waals surface area contributed by atoms with Gasteiger partial charge in [-0.2, -0.15) is 10.1 Å². The highest BCUT2D eigenvalue weighted by Crippen LogP contribution is 2.14. The van der Waals surface area contributed by atoms with Crippen LogP contribution >= 0.6 is 0 Å². The summed E-state index contributed by atoms with van der Waals surface area (Å²) in [6.45, 7) is 1.77. The minimum Gasteiger partial charge on any atom is -0.450 e. The van der Waals surface area contributed by atoms with Crippen LogP contribution in [0.4, 0.5) is 0 Å². The van der Waals surface area contributed by atoms with Gasteiger partial charge < -0.3 is 4.42 Å². The van der Waals surface area contributed by atoms with E-state index in [-0.39, 0.29) is 0 Å². The molecular weight excluding hydrogens is 130 g/mol. The van der Waals surface area contributed by atoms with E-state index >= 15 is 0 Å². The maximum atomic E-state index is 5.01. The molecule has 2 aliphatic rings. The molecule has 0 aromatic heterocycles. The molecule has 50 valence electrons. The molecule has 0 aromatic carbocycles. The highest BCUT2D eigenvalue weighted by atomic mass is 16.3. The molecule has 0 fully saturated rings. The summed E-state index contributed by atoms with van der Waals surface area (Å²) in [5.74, 6) is 1.25. The third-order valence-corrected chi connectivity index (χ3v) is 1.23. The summed E-state index contributed by atoms with van der Waals surface area (Å²) in [7, 11) is 0. The first-order valence-electron chi connectivity index (χ1n) is 2.90. The Morgan fingerprint density at radius 3 is 3.30 bits per heavy atom. The van der Waals surface area contributed by atoms with Gasteiger partial charge in [-0.3, -0.25) is 0 Å². The van der Waals surface area contributed by atoms with Gasteiger partial charge in [0.1, 0.15) is 6.26 Å². The molecule has 4 nitrogen and oxygen atoms in total. The quantitative estimate of drug-likeness (QED) is 0.538. The Morgan fingerprint density at radius 2 is 2.40 bits per heavy atom. The van der Waals surface area contributed by atoms with E-state index in [1.54, 1.807) is 19.4 Å². The molecular formula is C6H5N3O. The predicted octanol–water partition coefficient (Wildman–Crippen LogP) is 0.878. The van der Waals surface area contributed by atoms with Gasteiger partial charge in [-0.15, -0.1) is 5.10 Å². The van der Waals surface area contributed by atoms with Crippen molar-refractivity contribution < 1.29 is 4.42 Å². The second-order valence-corrected chi connectivity index (χ2v) is 1.99. The predicted molar refractivity (Wildman–Crippen MR) is 33.5 cm³/mol.